The number of ether oxygens (including phenoxy) is 1. The molecule has 4 rings (SSSR count). The van der Waals surface area contributed by atoms with E-state index in [1.54, 1.807) is 0 Å². The fraction of sp³-hybridized carbons (Fsp3) is 0.440. The van der Waals surface area contributed by atoms with Gasteiger partial charge in [-0.2, -0.15) is 0 Å². The van der Waals surface area contributed by atoms with Crippen molar-refractivity contribution in [3.8, 4) is 0 Å². The van der Waals surface area contributed by atoms with Gasteiger partial charge < -0.3 is 19.9 Å². The summed E-state index contributed by atoms with van der Waals surface area (Å²) in [6.45, 7) is 5.85. The van der Waals surface area contributed by atoms with Crippen LogP contribution in [0.5, 0.6) is 0 Å². The molecule has 2 heterocycles. The van der Waals surface area contributed by atoms with E-state index in [1.807, 2.05) is 29.2 Å². The molecular formula is C25H32ClN3O3. The van der Waals surface area contributed by atoms with Gasteiger partial charge in [0.15, 0.2) is 0 Å². The summed E-state index contributed by atoms with van der Waals surface area (Å²) < 4.78 is 6.10. The maximum Gasteiger partial charge on any atom is 0.248 e. The SMILES string of the molecule is CC(=O)Nc1cccc(CN2CC3(CCN(CCc4ccccc4)CC3)OCC2=O)c1.Cl. The van der Waals surface area contributed by atoms with Crippen LogP contribution in [0.3, 0.4) is 0 Å². The zero-order chi connectivity index (χ0) is 21.7. The van der Waals surface area contributed by atoms with E-state index in [4.69, 9.17) is 4.74 Å². The van der Waals surface area contributed by atoms with Gasteiger partial charge in [0.1, 0.15) is 6.61 Å². The highest BCUT2D eigenvalue weighted by atomic mass is 35.5. The van der Waals surface area contributed by atoms with Gasteiger partial charge in [-0.05, 0) is 42.5 Å². The fourth-order valence-electron chi connectivity index (χ4n) is 4.52. The van der Waals surface area contributed by atoms with Crippen LogP contribution in [-0.4, -0.2) is 60.0 Å². The number of amides is 2. The third-order valence-electron chi connectivity index (χ3n) is 6.28. The molecule has 7 heteroatoms. The molecule has 1 spiro atoms. The normalized spacial score (nSPS) is 18.3. The molecule has 0 atom stereocenters. The van der Waals surface area contributed by atoms with E-state index in [9.17, 15) is 9.59 Å². The van der Waals surface area contributed by atoms with Crippen LogP contribution >= 0.6 is 12.4 Å². The second-order valence-electron chi connectivity index (χ2n) is 8.68. The van der Waals surface area contributed by atoms with E-state index >= 15 is 0 Å². The zero-order valence-corrected chi connectivity index (χ0v) is 19.4. The number of morpholine rings is 1. The number of nitrogens with one attached hydrogen (secondary N) is 1. The van der Waals surface area contributed by atoms with Gasteiger partial charge in [-0.1, -0.05) is 42.5 Å². The van der Waals surface area contributed by atoms with Gasteiger partial charge in [0.05, 0.1) is 12.1 Å². The van der Waals surface area contributed by atoms with Crippen molar-refractivity contribution in [3.05, 3.63) is 65.7 Å². The summed E-state index contributed by atoms with van der Waals surface area (Å²) in [4.78, 5) is 28.3. The van der Waals surface area contributed by atoms with Gasteiger partial charge in [-0.25, -0.2) is 0 Å². The minimum absolute atomic E-state index is 0. The van der Waals surface area contributed by atoms with Crippen LogP contribution in [0.2, 0.25) is 0 Å². The monoisotopic (exact) mass is 457 g/mol. The number of benzene rings is 2. The first-order valence-electron chi connectivity index (χ1n) is 11.1. The number of hydrogen-bond acceptors (Lipinski definition) is 4. The molecule has 0 aromatic heterocycles. The summed E-state index contributed by atoms with van der Waals surface area (Å²) in [7, 11) is 0. The van der Waals surface area contributed by atoms with Gasteiger partial charge in [-0.15, -0.1) is 12.4 Å². The quantitative estimate of drug-likeness (QED) is 0.721. The van der Waals surface area contributed by atoms with Crippen LogP contribution in [0.4, 0.5) is 5.69 Å². The maximum absolute atomic E-state index is 12.5. The lowest BCUT2D eigenvalue weighted by Crippen LogP contribution is -2.58. The molecule has 1 N–H and O–H groups in total. The Morgan fingerprint density at radius 3 is 2.50 bits per heavy atom. The number of carbonyl (C=O) groups excluding carboxylic acids is 2. The molecule has 0 saturated carbocycles. The van der Waals surface area contributed by atoms with Crippen molar-refractivity contribution in [2.45, 2.75) is 38.3 Å². The van der Waals surface area contributed by atoms with Crippen molar-refractivity contribution in [2.24, 2.45) is 0 Å². The molecule has 2 saturated heterocycles. The third-order valence-corrected chi connectivity index (χ3v) is 6.28. The maximum atomic E-state index is 12.5. The lowest BCUT2D eigenvalue weighted by Gasteiger charge is -2.47. The Morgan fingerprint density at radius 1 is 1.06 bits per heavy atom. The van der Waals surface area contributed by atoms with Gasteiger partial charge in [0.25, 0.3) is 0 Å². The van der Waals surface area contributed by atoms with E-state index in [2.05, 4.69) is 40.5 Å². The summed E-state index contributed by atoms with van der Waals surface area (Å²) in [5.74, 6) is -0.0698. The standard InChI is InChI=1S/C25H31N3O3.ClH/c1-20(29)26-23-9-5-8-22(16-23)17-28-19-25(31-18-24(28)30)11-14-27(15-12-25)13-10-21-6-3-2-4-7-21;/h2-9,16H,10-15,17-19H2,1H3,(H,26,29);1H. The van der Waals surface area contributed by atoms with E-state index in [0.29, 0.717) is 13.1 Å². The first kappa shape index (κ1) is 24.2. The van der Waals surface area contributed by atoms with Crippen LogP contribution in [0.25, 0.3) is 0 Å². The smallest absolute Gasteiger partial charge is 0.248 e. The van der Waals surface area contributed by atoms with Gasteiger partial charge in [0.2, 0.25) is 11.8 Å². The van der Waals surface area contributed by atoms with Crippen molar-refractivity contribution in [3.63, 3.8) is 0 Å². The molecule has 0 bridgehead atoms. The Balaban J connectivity index is 0.00000289. The number of carbonyl (C=O) groups is 2. The molecule has 2 aliphatic heterocycles. The highest BCUT2D eigenvalue weighted by molar-refractivity contribution is 5.88. The Bertz CT molecular complexity index is 914. The van der Waals surface area contributed by atoms with Crippen LogP contribution < -0.4 is 5.32 Å². The van der Waals surface area contributed by atoms with Crippen molar-refractivity contribution >= 4 is 29.9 Å². The summed E-state index contributed by atoms with van der Waals surface area (Å²) in [6.07, 6.45) is 2.94. The summed E-state index contributed by atoms with van der Waals surface area (Å²) >= 11 is 0. The van der Waals surface area contributed by atoms with Crippen molar-refractivity contribution in [2.75, 3.05) is 38.1 Å². The van der Waals surface area contributed by atoms with E-state index in [1.165, 1.54) is 12.5 Å². The number of halogens is 1. The van der Waals surface area contributed by atoms with Gasteiger partial charge >= 0.3 is 0 Å². The number of likely N-dealkylation sites (tertiary alicyclic amines) is 1. The van der Waals surface area contributed by atoms with Crippen LogP contribution in [0.1, 0.15) is 30.9 Å². The van der Waals surface area contributed by atoms with Crippen molar-refractivity contribution in [1.29, 1.82) is 0 Å². The first-order valence-corrected chi connectivity index (χ1v) is 11.1. The number of rotatable bonds is 6. The molecule has 6 nitrogen and oxygen atoms in total. The number of piperidine rings is 1. The lowest BCUT2D eigenvalue weighted by atomic mass is 9.89. The highest BCUT2D eigenvalue weighted by Gasteiger charge is 2.42. The minimum Gasteiger partial charge on any atom is -0.363 e. The Morgan fingerprint density at radius 2 is 1.78 bits per heavy atom. The van der Waals surface area contributed by atoms with Crippen LogP contribution in [0, 0.1) is 0 Å². The number of anilines is 1. The highest BCUT2D eigenvalue weighted by Crippen LogP contribution is 2.31. The average Bonchev–Trinajstić information content (AvgIpc) is 2.77. The van der Waals surface area contributed by atoms with E-state index in [0.717, 1.165) is 50.1 Å². The minimum atomic E-state index is -0.244. The van der Waals surface area contributed by atoms with Crippen LogP contribution in [0.15, 0.2) is 54.6 Å². The predicted octanol–water partition coefficient (Wildman–Crippen LogP) is 3.50. The van der Waals surface area contributed by atoms with Crippen molar-refractivity contribution in [1.82, 2.24) is 9.80 Å². The first-order chi connectivity index (χ1) is 15.0. The Labute approximate surface area is 196 Å². The second-order valence-corrected chi connectivity index (χ2v) is 8.68. The molecule has 0 radical (unpaired) electrons. The fourth-order valence-corrected chi connectivity index (χ4v) is 4.52. The van der Waals surface area contributed by atoms with E-state index in [-0.39, 0.29) is 36.4 Å². The molecule has 2 fully saturated rings. The van der Waals surface area contributed by atoms with E-state index < -0.39 is 0 Å². The summed E-state index contributed by atoms with van der Waals surface area (Å²) in [5, 5.41) is 2.81. The van der Waals surface area contributed by atoms with Crippen LogP contribution in [-0.2, 0) is 27.3 Å². The molecule has 172 valence electrons. The molecule has 2 aromatic rings. The molecule has 0 aliphatic carbocycles. The van der Waals surface area contributed by atoms with Gasteiger partial charge in [0, 0.05) is 38.8 Å². The molecule has 0 unspecified atom stereocenters. The Kier molecular flexibility index (Phi) is 8.29. The summed E-state index contributed by atoms with van der Waals surface area (Å²) in [5.41, 5.74) is 2.89. The molecule has 2 aromatic carbocycles. The second kappa shape index (κ2) is 10.9. The largest absolute Gasteiger partial charge is 0.363 e. The van der Waals surface area contributed by atoms with Gasteiger partial charge in [-0.3, -0.25) is 9.59 Å². The predicted molar refractivity (Wildman–Crippen MR) is 128 cm³/mol. The molecule has 2 aliphatic rings. The third kappa shape index (κ3) is 6.31. The topological polar surface area (TPSA) is 61.9 Å². The Hall–Kier alpha value is -2.41. The molecular weight excluding hydrogens is 426 g/mol. The van der Waals surface area contributed by atoms with Crippen molar-refractivity contribution < 1.29 is 14.3 Å². The number of hydrogen-bond donors (Lipinski definition) is 1. The molecule has 32 heavy (non-hydrogen) atoms. The average molecular weight is 458 g/mol. The summed E-state index contributed by atoms with van der Waals surface area (Å²) in [6, 6.07) is 18.3. The number of nitrogens with zero attached hydrogens (tertiary/aromatic N) is 2. The lowest BCUT2D eigenvalue weighted by molar-refractivity contribution is -0.172. The molecule has 2 amide bonds. The zero-order valence-electron chi connectivity index (χ0n) is 18.6.